The number of aromatic nitrogens is 2. The fourth-order valence-electron chi connectivity index (χ4n) is 3.07. The van der Waals surface area contributed by atoms with Gasteiger partial charge in [-0.3, -0.25) is 4.79 Å². The topological polar surface area (TPSA) is 101 Å². The summed E-state index contributed by atoms with van der Waals surface area (Å²) in [4.78, 5) is 13.1. The van der Waals surface area contributed by atoms with Crippen LogP contribution < -0.4 is 10.0 Å². The summed E-state index contributed by atoms with van der Waals surface area (Å²) in [5.74, 6) is -0.487. The van der Waals surface area contributed by atoms with Gasteiger partial charge in [0.1, 0.15) is 22.0 Å². The van der Waals surface area contributed by atoms with Crippen molar-refractivity contribution in [3.8, 4) is 0 Å². The third-order valence-electron chi connectivity index (χ3n) is 4.49. The number of nitrogens with zero attached hydrogens (tertiary/aromatic N) is 2. The SMILES string of the molecule is Cc1cccc(NC(=O)[C@@H](NS(=O)(=O)c2cccc3nsnc23)c2ccccc2)c1. The number of benzene rings is 3. The first kappa shape index (κ1) is 20.1. The van der Waals surface area contributed by atoms with Crippen LogP contribution >= 0.6 is 11.7 Å². The minimum absolute atomic E-state index is 0.0157. The predicted molar refractivity (Wildman–Crippen MR) is 117 cm³/mol. The van der Waals surface area contributed by atoms with Crippen LogP contribution in [0, 0.1) is 6.92 Å². The molecule has 0 spiro atoms. The Labute approximate surface area is 178 Å². The lowest BCUT2D eigenvalue weighted by atomic mass is 10.1. The maximum atomic E-state index is 13.2. The van der Waals surface area contributed by atoms with Crippen LogP contribution in [-0.2, 0) is 14.8 Å². The number of hydrogen-bond donors (Lipinski definition) is 2. The second-order valence-electron chi connectivity index (χ2n) is 6.71. The molecule has 1 aromatic heterocycles. The van der Waals surface area contributed by atoms with Crippen LogP contribution in [0.15, 0.2) is 77.7 Å². The molecule has 1 heterocycles. The van der Waals surface area contributed by atoms with Crippen LogP contribution in [0.2, 0.25) is 0 Å². The zero-order valence-electron chi connectivity index (χ0n) is 15.9. The van der Waals surface area contributed by atoms with Gasteiger partial charge in [0.2, 0.25) is 15.9 Å². The normalized spacial score (nSPS) is 12.6. The lowest BCUT2D eigenvalue weighted by Gasteiger charge is -2.19. The molecular weight excluding hydrogens is 420 g/mol. The number of hydrogen-bond acceptors (Lipinski definition) is 6. The number of nitrogens with one attached hydrogen (secondary N) is 2. The quantitative estimate of drug-likeness (QED) is 0.478. The number of rotatable bonds is 6. The first-order chi connectivity index (χ1) is 14.4. The van der Waals surface area contributed by atoms with Crippen molar-refractivity contribution in [2.24, 2.45) is 0 Å². The molecule has 4 rings (SSSR count). The molecule has 152 valence electrons. The van der Waals surface area contributed by atoms with Gasteiger partial charge in [0.05, 0.1) is 11.7 Å². The van der Waals surface area contributed by atoms with Crippen molar-refractivity contribution in [2.45, 2.75) is 17.9 Å². The van der Waals surface area contributed by atoms with Crippen molar-refractivity contribution in [3.05, 3.63) is 83.9 Å². The van der Waals surface area contributed by atoms with Gasteiger partial charge in [-0.2, -0.15) is 13.5 Å². The Hall–Kier alpha value is -3.14. The predicted octanol–water partition coefficient (Wildman–Crippen LogP) is 3.66. The van der Waals surface area contributed by atoms with E-state index in [1.54, 1.807) is 48.5 Å². The molecule has 1 atom stereocenters. The number of carbonyl (C=O) groups is 1. The summed E-state index contributed by atoms with van der Waals surface area (Å²) in [6, 6.07) is 19.6. The van der Waals surface area contributed by atoms with Gasteiger partial charge in [-0.05, 0) is 42.3 Å². The highest BCUT2D eigenvalue weighted by atomic mass is 32.2. The van der Waals surface area contributed by atoms with Crippen molar-refractivity contribution in [2.75, 3.05) is 5.32 Å². The van der Waals surface area contributed by atoms with Crippen LogP contribution in [0.3, 0.4) is 0 Å². The lowest BCUT2D eigenvalue weighted by Crippen LogP contribution is -2.37. The molecule has 0 fully saturated rings. The first-order valence-corrected chi connectivity index (χ1v) is 11.3. The summed E-state index contributed by atoms with van der Waals surface area (Å²) in [7, 11) is -4.06. The fraction of sp³-hybridized carbons (Fsp3) is 0.0952. The number of fused-ring (bicyclic) bond motifs is 1. The Morgan fingerprint density at radius 1 is 0.967 bits per heavy atom. The minimum atomic E-state index is -4.06. The maximum Gasteiger partial charge on any atom is 0.247 e. The van der Waals surface area contributed by atoms with Crippen LogP contribution in [0.4, 0.5) is 5.69 Å². The fourth-order valence-corrected chi connectivity index (χ4v) is 5.02. The zero-order chi connectivity index (χ0) is 21.1. The van der Waals surface area contributed by atoms with E-state index in [0.717, 1.165) is 17.3 Å². The molecule has 0 aliphatic rings. The van der Waals surface area contributed by atoms with Crippen LogP contribution in [-0.4, -0.2) is 23.1 Å². The molecule has 4 aromatic rings. The molecule has 0 aliphatic carbocycles. The van der Waals surface area contributed by atoms with E-state index in [-0.39, 0.29) is 10.4 Å². The van der Waals surface area contributed by atoms with Gasteiger partial charge in [-0.25, -0.2) is 8.42 Å². The van der Waals surface area contributed by atoms with Crippen molar-refractivity contribution >= 4 is 44.4 Å². The van der Waals surface area contributed by atoms with E-state index in [9.17, 15) is 13.2 Å². The largest absolute Gasteiger partial charge is 0.324 e. The molecule has 9 heteroatoms. The van der Waals surface area contributed by atoms with Crippen LogP contribution in [0.5, 0.6) is 0 Å². The van der Waals surface area contributed by atoms with E-state index >= 15 is 0 Å². The van der Waals surface area contributed by atoms with E-state index in [2.05, 4.69) is 18.8 Å². The molecule has 3 aromatic carbocycles. The second-order valence-corrected chi connectivity index (χ2v) is 8.92. The number of amides is 1. The Morgan fingerprint density at radius 2 is 1.73 bits per heavy atom. The van der Waals surface area contributed by atoms with E-state index in [0.29, 0.717) is 16.8 Å². The van der Waals surface area contributed by atoms with Crippen molar-refractivity contribution < 1.29 is 13.2 Å². The molecule has 2 N–H and O–H groups in total. The Morgan fingerprint density at radius 3 is 2.50 bits per heavy atom. The Bertz CT molecular complexity index is 1300. The zero-order valence-corrected chi connectivity index (χ0v) is 17.6. The molecule has 0 unspecified atom stereocenters. The van der Waals surface area contributed by atoms with E-state index in [1.807, 2.05) is 25.1 Å². The summed E-state index contributed by atoms with van der Waals surface area (Å²) in [6.45, 7) is 1.91. The molecular formula is C21H18N4O3S2. The van der Waals surface area contributed by atoms with Crippen molar-refractivity contribution in [1.29, 1.82) is 0 Å². The van der Waals surface area contributed by atoms with E-state index in [1.165, 1.54) is 6.07 Å². The molecule has 30 heavy (non-hydrogen) atoms. The summed E-state index contributed by atoms with van der Waals surface area (Å²) in [5.41, 5.74) is 2.86. The number of aryl methyl sites for hydroxylation is 1. The first-order valence-electron chi connectivity index (χ1n) is 9.10. The second kappa shape index (κ2) is 8.31. The highest BCUT2D eigenvalue weighted by Gasteiger charge is 2.29. The molecule has 0 radical (unpaired) electrons. The van der Waals surface area contributed by atoms with Gasteiger partial charge in [0.25, 0.3) is 0 Å². The third-order valence-corrected chi connectivity index (χ3v) is 6.49. The van der Waals surface area contributed by atoms with Gasteiger partial charge in [0.15, 0.2) is 0 Å². The summed E-state index contributed by atoms with van der Waals surface area (Å²) in [5, 5.41) is 2.80. The number of anilines is 1. The molecule has 0 saturated carbocycles. The third kappa shape index (κ3) is 4.23. The maximum absolute atomic E-state index is 13.2. The Kier molecular flexibility index (Phi) is 5.58. The van der Waals surface area contributed by atoms with Gasteiger partial charge >= 0.3 is 0 Å². The summed E-state index contributed by atoms with van der Waals surface area (Å²) >= 11 is 0.936. The van der Waals surface area contributed by atoms with E-state index < -0.39 is 22.0 Å². The molecule has 7 nitrogen and oxygen atoms in total. The number of sulfonamides is 1. The van der Waals surface area contributed by atoms with Crippen molar-refractivity contribution in [3.63, 3.8) is 0 Å². The van der Waals surface area contributed by atoms with Gasteiger partial charge < -0.3 is 5.32 Å². The summed E-state index contributed by atoms with van der Waals surface area (Å²) in [6.07, 6.45) is 0. The number of carbonyl (C=O) groups excluding carboxylic acids is 1. The molecule has 1 amide bonds. The van der Waals surface area contributed by atoms with Gasteiger partial charge in [-0.15, -0.1) is 0 Å². The molecule has 0 bridgehead atoms. The molecule has 0 aliphatic heterocycles. The average Bonchev–Trinajstić information content (AvgIpc) is 3.21. The molecule has 0 saturated heterocycles. The minimum Gasteiger partial charge on any atom is -0.324 e. The smallest absolute Gasteiger partial charge is 0.247 e. The van der Waals surface area contributed by atoms with Gasteiger partial charge in [-0.1, -0.05) is 48.5 Å². The monoisotopic (exact) mass is 438 g/mol. The van der Waals surface area contributed by atoms with Crippen LogP contribution in [0.1, 0.15) is 17.2 Å². The van der Waals surface area contributed by atoms with E-state index in [4.69, 9.17) is 0 Å². The van der Waals surface area contributed by atoms with Gasteiger partial charge in [0, 0.05) is 5.69 Å². The van der Waals surface area contributed by atoms with Crippen LogP contribution in [0.25, 0.3) is 11.0 Å². The van der Waals surface area contributed by atoms with Crippen molar-refractivity contribution in [1.82, 2.24) is 13.5 Å². The summed E-state index contributed by atoms with van der Waals surface area (Å²) < 4.78 is 37.1. The highest BCUT2D eigenvalue weighted by Crippen LogP contribution is 2.24. The average molecular weight is 439 g/mol. The standard InChI is InChI=1S/C21H18N4O3S2/c1-14-7-5-10-16(13-14)22-21(26)19(15-8-3-2-4-9-15)25-30(27,28)18-12-6-11-17-20(18)24-29-23-17/h2-13,19,25H,1H3,(H,22,26)/t19-/m0/s1. The Balaban J connectivity index is 1.70. The highest BCUT2D eigenvalue weighted by molar-refractivity contribution is 7.89. The lowest BCUT2D eigenvalue weighted by molar-refractivity contribution is -0.117.